The normalized spacial score (nSPS) is 28.9. The molecule has 4 saturated heterocycles. The molecule has 2 aromatic heterocycles. The molecule has 0 aromatic carbocycles. The van der Waals surface area contributed by atoms with Crippen LogP contribution in [0, 0.1) is 0 Å². The number of tetrazole rings is 2. The molecule has 6 heterocycles. The number of aromatic nitrogens is 8. The zero-order valence-corrected chi connectivity index (χ0v) is 27.5. The molecule has 0 saturated carbocycles. The molecule has 6 atom stereocenters. The fourth-order valence-electron chi connectivity index (χ4n) is 5.48. The summed E-state index contributed by atoms with van der Waals surface area (Å²) in [4.78, 5) is 23.5. The van der Waals surface area contributed by atoms with Crippen molar-refractivity contribution in [1.82, 2.24) is 40.4 Å². The van der Waals surface area contributed by atoms with Gasteiger partial charge in [-0.15, -0.1) is 5.10 Å². The number of ether oxygens (including phenoxy) is 6. The Morgan fingerprint density at radius 1 is 0.804 bits per heavy atom. The first-order valence-electron chi connectivity index (χ1n) is 15.4. The van der Waals surface area contributed by atoms with Crippen LogP contribution in [0.25, 0.3) is 0 Å². The number of cyclic esters (lactones) is 2. The number of carbonyl (C=O) groups excluding carboxylic acids is 2. The van der Waals surface area contributed by atoms with E-state index in [4.69, 9.17) is 28.4 Å². The SMILES string of the molecule is Cn1nnnc1S(=O)(=O)C[C@@H]1C[C@@H](OC2CCCCO2)CC(=O)O1.Cn1nnnc1SC[C@@H]1C[C@@H](OC2CCCCO2)CC(=O)O1. The first-order valence-corrected chi connectivity index (χ1v) is 18.0. The molecule has 0 bridgehead atoms. The molecule has 256 valence electrons. The van der Waals surface area contributed by atoms with Crippen molar-refractivity contribution < 1.29 is 46.4 Å². The summed E-state index contributed by atoms with van der Waals surface area (Å²) in [6.45, 7) is 1.37. The highest BCUT2D eigenvalue weighted by Gasteiger charge is 2.36. The minimum atomic E-state index is -3.76. The standard InChI is InChI=1S/C13H20N4O6S.C13H20N4O4S/c1-17-13(14-15-16-17)24(19,20)8-10-6-9(7-11(18)22-10)23-12-4-2-3-5-21-12;1-17-13(14-15-16-17)22-8-10-6-9(7-11(18)20-10)21-12-4-2-3-5-19-12/h9-10,12H,2-8H2,1H3;9-10,12H,2-8H2,1H3/t2*9-,10+,12?/m11/s1. The number of sulfone groups is 1. The van der Waals surface area contributed by atoms with Gasteiger partial charge in [0.15, 0.2) is 12.6 Å². The van der Waals surface area contributed by atoms with E-state index in [1.807, 2.05) is 0 Å². The van der Waals surface area contributed by atoms with Crippen molar-refractivity contribution >= 4 is 33.5 Å². The fraction of sp³-hybridized carbons (Fsp3) is 0.846. The topological polar surface area (TPSA) is 211 Å². The third-order valence-corrected chi connectivity index (χ3v) is 10.5. The second kappa shape index (κ2) is 16.4. The summed E-state index contributed by atoms with van der Waals surface area (Å²) < 4.78 is 60.7. The Kier molecular flexibility index (Phi) is 12.3. The summed E-state index contributed by atoms with van der Waals surface area (Å²) >= 11 is 1.47. The number of hydrogen-bond donors (Lipinski definition) is 0. The summed E-state index contributed by atoms with van der Waals surface area (Å²) in [5.41, 5.74) is 0. The van der Waals surface area contributed by atoms with Crippen LogP contribution in [-0.2, 0) is 61.9 Å². The monoisotopic (exact) mass is 688 g/mol. The molecule has 46 heavy (non-hydrogen) atoms. The molecular formula is C26H40N8O10S2. The van der Waals surface area contributed by atoms with Crippen molar-refractivity contribution in [1.29, 1.82) is 0 Å². The van der Waals surface area contributed by atoms with Crippen LogP contribution in [-0.4, -0.2) is 122 Å². The molecule has 2 aromatic rings. The van der Waals surface area contributed by atoms with E-state index >= 15 is 0 Å². The van der Waals surface area contributed by atoms with E-state index in [0.29, 0.717) is 36.8 Å². The van der Waals surface area contributed by atoms with Gasteiger partial charge in [0.05, 0.1) is 30.8 Å². The Bertz CT molecular complexity index is 1400. The molecule has 0 radical (unpaired) electrons. The largest absolute Gasteiger partial charge is 0.461 e. The molecule has 20 heteroatoms. The lowest BCUT2D eigenvalue weighted by Gasteiger charge is -2.32. The molecule has 18 nitrogen and oxygen atoms in total. The average molecular weight is 689 g/mol. The summed E-state index contributed by atoms with van der Waals surface area (Å²) in [7, 11) is -0.548. The Balaban J connectivity index is 0.000000182. The number of rotatable bonds is 10. The quantitative estimate of drug-likeness (QED) is 0.246. The van der Waals surface area contributed by atoms with Crippen LogP contribution in [0.3, 0.4) is 0 Å². The van der Waals surface area contributed by atoms with Gasteiger partial charge < -0.3 is 28.4 Å². The first kappa shape index (κ1) is 34.6. The van der Waals surface area contributed by atoms with Gasteiger partial charge in [0.25, 0.3) is 5.16 Å². The summed E-state index contributed by atoms with van der Waals surface area (Å²) in [5, 5.41) is 22.1. The molecule has 0 N–H and O–H groups in total. The molecule has 4 fully saturated rings. The average Bonchev–Trinajstić information content (AvgIpc) is 3.64. The van der Waals surface area contributed by atoms with Gasteiger partial charge >= 0.3 is 11.9 Å². The van der Waals surface area contributed by atoms with Crippen molar-refractivity contribution in [2.24, 2.45) is 14.1 Å². The number of thioether (sulfide) groups is 1. The Labute approximate surface area is 270 Å². The lowest BCUT2D eigenvalue weighted by atomic mass is 10.1. The summed E-state index contributed by atoms with van der Waals surface area (Å²) in [5.74, 6) is -0.448. The van der Waals surface area contributed by atoms with Crippen molar-refractivity contribution in [3.63, 3.8) is 0 Å². The van der Waals surface area contributed by atoms with Gasteiger partial charge in [0.2, 0.25) is 15.0 Å². The van der Waals surface area contributed by atoms with Gasteiger partial charge in [-0.2, -0.15) is 0 Å². The maximum Gasteiger partial charge on any atom is 0.308 e. The van der Waals surface area contributed by atoms with Gasteiger partial charge in [0, 0.05) is 45.9 Å². The van der Waals surface area contributed by atoms with E-state index in [0.717, 1.165) is 49.8 Å². The van der Waals surface area contributed by atoms with Crippen LogP contribution < -0.4 is 0 Å². The second-order valence-electron chi connectivity index (χ2n) is 11.5. The number of aryl methyl sites for hydroxylation is 2. The molecule has 6 rings (SSSR count). The van der Waals surface area contributed by atoms with E-state index in [1.54, 1.807) is 11.7 Å². The van der Waals surface area contributed by atoms with Crippen LogP contribution in [0.1, 0.15) is 64.2 Å². The minimum absolute atomic E-state index is 0.0991. The second-order valence-corrected chi connectivity index (χ2v) is 14.4. The van der Waals surface area contributed by atoms with Crippen LogP contribution >= 0.6 is 11.8 Å². The number of hydrogen-bond acceptors (Lipinski definition) is 17. The zero-order chi connectivity index (χ0) is 32.5. The van der Waals surface area contributed by atoms with Gasteiger partial charge in [-0.3, -0.25) is 9.59 Å². The fourth-order valence-corrected chi connectivity index (χ4v) is 7.78. The van der Waals surface area contributed by atoms with Gasteiger partial charge in [-0.25, -0.2) is 17.8 Å². The van der Waals surface area contributed by atoms with E-state index in [1.165, 1.54) is 18.8 Å². The molecule has 0 aliphatic carbocycles. The lowest BCUT2D eigenvalue weighted by Crippen LogP contribution is -2.40. The van der Waals surface area contributed by atoms with Gasteiger partial charge in [-0.1, -0.05) is 16.9 Å². The molecule has 4 aliphatic heterocycles. The maximum atomic E-state index is 12.4. The molecular weight excluding hydrogens is 648 g/mol. The van der Waals surface area contributed by atoms with E-state index < -0.39 is 28.0 Å². The number of nitrogens with zero attached hydrogens (tertiary/aromatic N) is 8. The zero-order valence-electron chi connectivity index (χ0n) is 25.8. The van der Waals surface area contributed by atoms with E-state index in [2.05, 4.69) is 31.1 Å². The van der Waals surface area contributed by atoms with Crippen LogP contribution in [0.5, 0.6) is 0 Å². The molecule has 4 aliphatic rings. The Morgan fingerprint density at radius 3 is 1.89 bits per heavy atom. The molecule has 2 unspecified atom stereocenters. The molecule has 0 amide bonds. The maximum absolute atomic E-state index is 12.4. The summed E-state index contributed by atoms with van der Waals surface area (Å²) in [6, 6.07) is 0. The first-order chi connectivity index (χ1) is 22.1. The predicted octanol–water partition coefficient (Wildman–Crippen LogP) is 0.521. The summed E-state index contributed by atoms with van der Waals surface area (Å²) in [6.07, 6.45) is 5.23. The number of esters is 2. The predicted molar refractivity (Wildman–Crippen MR) is 156 cm³/mol. The molecule has 0 spiro atoms. The third kappa shape index (κ3) is 10.1. The highest BCUT2D eigenvalue weighted by molar-refractivity contribution is 7.99. The van der Waals surface area contributed by atoms with Gasteiger partial charge in [-0.05, 0) is 59.4 Å². The van der Waals surface area contributed by atoms with Crippen molar-refractivity contribution in [2.75, 3.05) is 24.7 Å². The Hall–Kier alpha value is -2.78. The van der Waals surface area contributed by atoms with Gasteiger partial charge in [0.1, 0.15) is 12.2 Å². The van der Waals surface area contributed by atoms with Crippen molar-refractivity contribution in [3.05, 3.63) is 0 Å². The third-order valence-electron chi connectivity index (χ3n) is 7.65. The Morgan fingerprint density at radius 2 is 1.37 bits per heavy atom. The van der Waals surface area contributed by atoms with Crippen molar-refractivity contribution in [3.8, 4) is 0 Å². The lowest BCUT2D eigenvalue weighted by molar-refractivity contribution is -0.208. The van der Waals surface area contributed by atoms with E-state index in [-0.39, 0.29) is 48.1 Å². The highest BCUT2D eigenvalue weighted by Crippen LogP contribution is 2.27. The van der Waals surface area contributed by atoms with Crippen LogP contribution in [0.2, 0.25) is 0 Å². The van der Waals surface area contributed by atoms with Crippen LogP contribution in [0.15, 0.2) is 10.3 Å². The van der Waals surface area contributed by atoms with E-state index in [9.17, 15) is 18.0 Å². The van der Waals surface area contributed by atoms with Crippen molar-refractivity contribution in [2.45, 2.75) is 112 Å². The number of carbonyl (C=O) groups is 2. The highest BCUT2D eigenvalue weighted by atomic mass is 32.2. The smallest absolute Gasteiger partial charge is 0.308 e. The minimum Gasteiger partial charge on any atom is -0.461 e. The van der Waals surface area contributed by atoms with Crippen LogP contribution in [0.4, 0.5) is 0 Å².